The molecule has 9 heteroatoms. The number of nitrogens with zero attached hydrogens (tertiary/aromatic N) is 1. The van der Waals surface area contributed by atoms with Crippen LogP contribution in [0.3, 0.4) is 0 Å². The molecule has 0 unspecified atom stereocenters. The van der Waals surface area contributed by atoms with Crippen molar-refractivity contribution >= 4 is 17.9 Å². The fourth-order valence-corrected chi connectivity index (χ4v) is 2.60. The van der Waals surface area contributed by atoms with E-state index in [4.69, 9.17) is 23.7 Å². The van der Waals surface area contributed by atoms with Crippen LogP contribution in [-0.4, -0.2) is 53.6 Å². The van der Waals surface area contributed by atoms with E-state index in [-0.39, 0.29) is 5.88 Å². The summed E-state index contributed by atoms with van der Waals surface area (Å²) in [6.45, 7) is 5.24. The number of ether oxygens (including phenoxy) is 5. The fraction of sp³-hybridized carbons (Fsp3) is 0.529. The highest BCUT2D eigenvalue weighted by molar-refractivity contribution is 5.68. The second-order valence-corrected chi connectivity index (χ2v) is 5.72. The molecule has 0 bridgehead atoms. The lowest BCUT2D eigenvalue weighted by molar-refractivity contribution is -0.280. The van der Waals surface area contributed by atoms with Crippen LogP contribution in [0.15, 0.2) is 24.4 Å². The third-order valence-electron chi connectivity index (χ3n) is 3.51. The molecule has 0 aromatic carbocycles. The van der Waals surface area contributed by atoms with Gasteiger partial charge in [-0.1, -0.05) is 6.07 Å². The molecule has 26 heavy (non-hydrogen) atoms. The quantitative estimate of drug-likeness (QED) is 0.556. The summed E-state index contributed by atoms with van der Waals surface area (Å²) in [5.74, 6) is -1.63. The summed E-state index contributed by atoms with van der Waals surface area (Å²) in [5.41, 5.74) is 0. The Bertz CT molecular complexity index is 649. The zero-order chi connectivity index (χ0) is 19.3. The number of esters is 3. The lowest BCUT2D eigenvalue weighted by Gasteiger charge is -2.43. The number of hydrogen-bond donors (Lipinski definition) is 0. The molecule has 2 rings (SSSR count). The molecule has 0 radical (unpaired) electrons. The summed E-state index contributed by atoms with van der Waals surface area (Å²) in [5, 5.41) is 0. The Balaban J connectivity index is 2.33. The molecule has 0 saturated carbocycles. The van der Waals surface area contributed by atoms with Crippen molar-refractivity contribution in [3.05, 3.63) is 24.4 Å². The van der Waals surface area contributed by atoms with E-state index in [9.17, 15) is 14.4 Å². The van der Waals surface area contributed by atoms with Gasteiger partial charge in [0.1, 0.15) is 0 Å². The molecule has 1 aliphatic heterocycles. The zero-order valence-corrected chi connectivity index (χ0v) is 14.9. The van der Waals surface area contributed by atoms with Gasteiger partial charge in [0.25, 0.3) is 0 Å². The van der Waals surface area contributed by atoms with Crippen LogP contribution in [0.25, 0.3) is 0 Å². The number of aromatic nitrogens is 1. The van der Waals surface area contributed by atoms with Crippen molar-refractivity contribution in [2.24, 2.45) is 0 Å². The Morgan fingerprint density at radius 1 is 0.923 bits per heavy atom. The van der Waals surface area contributed by atoms with Crippen molar-refractivity contribution in [3.63, 3.8) is 0 Å². The molecule has 1 saturated heterocycles. The van der Waals surface area contributed by atoms with Crippen LogP contribution in [0.5, 0.6) is 5.88 Å². The number of hydrogen-bond acceptors (Lipinski definition) is 9. The maximum absolute atomic E-state index is 11.6. The van der Waals surface area contributed by atoms with Crippen LogP contribution < -0.4 is 4.74 Å². The maximum Gasteiger partial charge on any atom is 0.303 e. The summed E-state index contributed by atoms with van der Waals surface area (Å²) >= 11 is 0. The van der Waals surface area contributed by atoms with Crippen molar-refractivity contribution in [1.82, 2.24) is 4.98 Å². The van der Waals surface area contributed by atoms with E-state index in [1.54, 1.807) is 25.1 Å². The van der Waals surface area contributed by atoms with E-state index in [0.29, 0.717) is 0 Å². The molecule has 0 N–H and O–H groups in total. The molecule has 0 amide bonds. The standard InChI is InChI=1S/C17H21NO8/c1-9-14(23-10(2)19)15(24-11(3)20)16(25-12(4)21)17(22-9)26-13-7-5-6-8-18-13/h5-9,14-17H,1-4H3/t9-,14-,15+,16+,17-/m0/s1. The second-order valence-electron chi connectivity index (χ2n) is 5.72. The first-order valence-corrected chi connectivity index (χ1v) is 8.02. The number of carbonyl (C=O) groups excluding carboxylic acids is 3. The lowest BCUT2D eigenvalue weighted by atomic mass is 9.99. The van der Waals surface area contributed by atoms with Gasteiger partial charge in [-0.15, -0.1) is 0 Å². The minimum absolute atomic E-state index is 0.231. The van der Waals surface area contributed by atoms with Gasteiger partial charge in [0.15, 0.2) is 12.2 Å². The van der Waals surface area contributed by atoms with E-state index in [1.165, 1.54) is 27.0 Å². The van der Waals surface area contributed by atoms with E-state index >= 15 is 0 Å². The predicted molar refractivity (Wildman–Crippen MR) is 85.9 cm³/mol. The van der Waals surface area contributed by atoms with Crippen molar-refractivity contribution in [1.29, 1.82) is 0 Å². The van der Waals surface area contributed by atoms with E-state index in [2.05, 4.69) is 4.98 Å². The fourth-order valence-electron chi connectivity index (χ4n) is 2.60. The summed E-state index contributed by atoms with van der Waals surface area (Å²) in [4.78, 5) is 38.6. The molecule has 1 aliphatic rings. The van der Waals surface area contributed by atoms with E-state index < -0.39 is 48.6 Å². The predicted octanol–water partition coefficient (Wildman–Crippen LogP) is 1.00. The monoisotopic (exact) mass is 367 g/mol. The van der Waals surface area contributed by atoms with E-state index in [0.717, 1.165) is 0 Å². The van der Waals surface area contributed by atoms with Crippen LogP contribution in [-0.2, 0) is 33.3 Å². The molecule has 0 aliphatic carbocycles. The van der Waals surface area contributed by atoms with Gasteiger partial charge in [0.2, 0.25) is 18.3 Å². The first-order chi connectivity index (χ1) is 12.3. The van der Waals surface area contributed by atoms with Crippen molar-refractivity contribution < 1.29 is 38.1 Å². The number of rotatable bonds is 5. The van der Waals surface area contributed by atoms with Gasteiger partial charge in [-0.25, -0.2) is 4.98 Å². The normalized spacial score (nSPS) is 27.9. The van der Waals surface area contributed by atoms with Gasteiger partial charge >= 0.3 is 17.9 Å². The largest absolute Gasteiger partial charge is 0.456 e. The van der Waals surface area contributed by atoms with Gasteiger partial charge in [-0.3, -0.25) is 14.4 Å². The Morgan fingerprint density at radius 3 is 2.04 bits per heavy atom. The average molecular weight is 367 g/mol. The third kappa shape index (κ3) is 5.16. The van der Waals surface area contributed by atoms with Gasteiger partial charge in [0.05, 0.1) is 6.10 Å². The summed E-state index contributed by atoms with van der Waals surface area (Å²) < 4.78 is 27.2. The summed E-state index contributed by atoms with van der Waals surface area (Å²) in [6, 6.07) is 5.01. The summed E-state index contributed by atoms with van der Waals surface area (Å²) in [6.07, 6.45) is -3.50. The van der Waals surface area contributed by atoms with Gasteiger partial charge in [0, 0.05) is 33.0 Å². The highest BCUT2D eigenvalue weighted by Crippen LogP contribution is 2.29. The van der Waals surface area contributed by atoms with Gasteiger partial charge in [-0.05, 0) is 13.0 Å². The van der Waals surface area contributed by atoms with Gasteiger partial charge in [-0.2, -0.15) is 0 Å². The number of carbonyl (C=O) groups is 3. The highest BCUT2D eigenvalue weighted by Gasteiger charge is 2.51. The smallest absolute Gasteiger partial charge is 0.303 e. The molecule has 2 heterocycles. The molecular formula is C17H21NO8. The Morgan fingerprint density at radius 2 is 1.50 bits per heavy atom. The number of pyridine rings is 1. The molecule has 1 fully saturated rings. The van der Waals surface area contributed by atoms with Crippen molar-refractivity contribution in [3.8, 4) is 5.88 Å². The minimum Gasteiger partial charge on any atom is -0.456 e. The van der Waals surface area contributed by atoms with Crippen LogP contribution in [0.1, 0.15) is 27.7 Å². The SMILES string of the molecule is CC(=O)O[C@@H]1[C@@H](OC(C)=O)[C@H](C)O[C@@H](Oc2ccccn2)[C@@H]1OC(C)=O. The Kier molecular flexibility index (Phi) is 6.51. The van der Waals surface area contributed by atoms with Crippen LogP contribution in [0.2, 0.25) is 0 Å². The van der Waals surface area contributed by atoms with Crippen molar-refractivity contribution in [2.45, 2.75) is 58.4 Å². The van der Waals surface area contributed by atoms with Crippen LogP contribution >= 0.6 is 0 Å². The lowest BCUT2D eigenvalue weighted by Crippen LogP contribution is -2.62. The molecule has 1 aromatic heterocycles. The van der Waals surface area contributed by atoms with Crippen LogP contribution in [0, 0.1) is 0 Å². The molecular weight excluding hydrogens is 346 g/mol. The van der Waals surface area contributed by atoms with Crippen LogP contribution in [0.4, 0.5) is 0 Å². The molecule has 9 nitrogen and oxygen atoms in total. The van der Waals surface area contributed by atoms with Gasteiger partial charge < -0.3 is 23.7 Å². The Labute approximate surface area is 150 Å². The minimum atomic E-state index is -1.15. The third-order valence-corrected chi connectivity index (χ3v) is 3.51. The molecule has 142 valence electrons. The topological polar surface area (TPSA) is 110 Å². The van der Waals surface area contributed by atoms with E-state index in [1.807, 2.05) is 0 Å². The molecule has 1 aromatic rings. The second kappa shape index (κ2) is 8.61. The first-order valence-electron chi connectivity index (χ1n) is 8.02. The summed E-state index contributed by atoms with van der Waals surface area (Å²) in [7, 11) is 0. The molecule has 0 spiro atoms. The van der Waals surface area contributed by atoms with Crippen molar-refractivity contribution in [2.75, 3.05) is 0 Å². The highest BCUT2D eigenvalue weighted by atomic mass is 16.7. The Hall–Kier alpha value is -2.68. The zero-order valence-electron chi connectivity index (χ0n) is 14.9. The average Bonchev–Trinajstić information content (AvgIpc) is 2.54. The molecule has 5 atom stereocenters. The first kappa shape index (κ1) is 19.6. The maximum atomic E-state index is 11.6.